The van der Waals surface area contributed by atoms with Crippen molar-refractivity contribution in [3.8, 4) is 23.1 Å². The Morgan fingerprint density at radius 1 is 1.33 bits per heavy atom. The van der Waals surface area contributed by atoms with Crippen LogP contribution in [-0.2, 0) is 0 Å². The number of carbonyl (C=O) groups is 1. The van der Waals surface area contributed by atoms with Gasteiger partial charge in [-0.25, -0.2) is 14.2 Å². The molecule has 1 aromatic carbocycles. The molecule has 0 unspecified atom stereocenters. The molecule has 3 rings (SSSR count). The molecule has 0 saturated carbocycles. The van der Waals surface area contributed by atoms with Crippen LogP contribution in [0.1, 0.15) is 39.7 Å². The normalized spacial score (nSPS) is 18.5. The van der Waals surface area contributed by atoms with E-state index in [1.165, 1.54) is 24.1 Å². The number of hydrogen-bond acceptors (Lipinski definition) is 7. The maximum atomic E-state index is 14.5. The number of rotatable bonds is 4. The Kier molecular flexibility index (Phi) is 6.63. The number of ether oxygens (including phenoxy) is 1. The van der Waals surface area contributed by atoms with Gasteiger partial charge in [-0.2, -0.15) is 10.2 Å². The second-order valence-electron chi connectivity index (χ2n) is 9.34. The molecule has 9 nitrogen and oxygen atoms in total. The van der Waals surface area contributed by atoms with Crippen molar-refractivity contribution in [1.82, 2.24) is 14.9 Å². The molecule has 2 aromatic rings. The van der Waals surface area contributed by atoms with E-state index >= 15 is 0 Å². The number of halogens is 1. The Morgan fingerprint density at radius 3 is 2.61 bits per heavy atom. The minimum Gasteiger partial charge on any atom is -0.495 e. The van der Waals surface area contributed by atoms with E-state index in [0.717, 1.165) is 6.42 Å². The van der Waals surface area contributed by atoms with Crippen molar-refractivity contribution in [2.24, 2.45) is 5.92 Å². The van der Waals surface area contributed by atoms with Crippen LogP contribution in [0.2, 0.25) is 0 Å². The van der Waals surface area contributed by atoms with Crippen LogP contribution >= 0.6 is 0 Å². The number of carboxylic acid groups (broad SMARTS) is 1. The van der Waals surface area contributed by atoms with Gasteiger partial charge in [0.15, 0.2) is 0 Å². The maximum absolute atomic E-state index is 14.5. The van der Waals surface area contributed by atoms with Gasteiger partial charge in [-0.05, 0) is 45.2 Å². The number of methoxy groups -OCH3 is 1. The van der Waals surface area contributed by atoms with E-state index < -0.39 is 17.4 Å². The summed E-state index contributed by atoms with van der Waals surface area (Å²) in [7, 11) is 1.36. The molecule has 1 aliphatic heterocycles. The second kappa shape index (κ2) is 9.10. The SMILES string of the molecule is COc1cc(-c2cc(N3C[C@H](C)C[C@@H](N(C(=O)O)C(C)(C)C)C3)nc(N)n2)cc(F)c1C#N. The van der Waals surface area contributed by atoms with Crippen LogP contribution < -0.4 is 15.4 Å². The first kappa shape index (κ1) is 24.0. The third-order valence-corrected chi connectivity index (χ3v) is 5.67. The highest BCUT2D eigenvalue weighted by Crippen LogP contribution is 2.33. The molecule has 2 heterocycles. The van der Waals surface area contributed by atoms with Crippen molar-refractivity contribution in [1.29, 1.82) is 5.26 Å². The van der Waals surface area contributed by atoms with Gasteiger partial charge in [0.2, 0.25) is 5.95 Å². The highest BCUT2D eigenvalue weighted by atomic mass is 19.1. The predicted octanol–water partition coefficient (Wildman–Crippen LogP) is 3.74. The van der Waals surface area contributed by atoms with Crippen LogP contribution in [0, 0.1) is 23.1 Å². The number of aromatic nitrogens is 2. The van der Waals surface area contributed by atoms with Gasteiger partial charge in [0, 0.05) is 30.3 Å². The molecular formula is C23H29FN6O3. The summed E-state index contributed by atoms with van der Waals surface area (Å²) in [4.78, 5) is 24.1. The third kappa shape index (κ3) is 5.08. The van der Waals surface area contributed by atoms with Crippen molar-refractivity contribution in [3.05, 3.63) is 29.6 Å². The zero-order valence-corrected chi connectivity index (χ0v) is 19.5. The van der Waals surface area contributed by atoms with Crippen molar-refractivity contribution >= 4 is 17.9 Å². The van der Waals surface area contributed by atoms with Crippen molar-refractivity contribution < 1.29 is 19.0 Å². The summed E-state index contributed by atoms with van der Waals surface area (Å²) in [5.74, 6) is 0.115. The number of nitrogen functional groups attached to an aromatic ring is 1. The number of nitrogens with two attached hydrogens (primary N) is 1. The van der Waals surface area contributed by atoms with Crippen LogP contribution in [0.3, 0.4) is 0 Å². The van der Waals surface area contributed by atoms with Crippen molar-refractivity contribution in [2.75, 3.05) is 30.8 Å². The Labute approximate surface area is 192 Å². The number of hydrogen-bond donors (Lipinski definition) is 2. The van der Waals surface area contributed by atoms with Gasteiger partial charge >= 0.3 is 6.09 Å². The lowest BCUT2D eigenvalue weighted by Crippen LogP contribution is -2.58. The maximum Gasteiger partial charge on any atom is 0.408 e. The zero-order valence-electron chi connectivity index (χ0n) is 19.5. The number of nitriles is 1. The van der Waals surface area contributed by atoms with Crippen molar-refractivity contribution in [3.63, 3.8) is 0 Å². The summed E-state index contributed by atoms with van der Waals surface area (Å²) in [6, 6.07) is 5.98. The monoisotopic (exact) mass is 456 g/mol. The molecule has 10 heteroatoms. The fraction of sp³-hybridized carbons (Fsp3) is 0.478. The van der Waals surface area contributed by atoms with Gasteiger partial charge in [0.1, 0.15) is 29.0 Å². The predicted molar refractivity (Wildman–Crippen MR) is 123 cm³/mol. The first-order valence-electron chi connectivity index (χ1n) is 10.6. The van der Waals surface area contributed by atoms with E-state index in [4.69, 9.17) is 10.5 Å². The van der Waals surface area contributed by atoms with Crippen LogP contribution in [0.4, 0.5) is 21.0 Å². The molecule has 1 aliphatic rings. The van der Waals surface area contributed by atoms with E-state index in [1.54, 1.807) is 12.1 Å². The minimum atomic E-state index is -0.968. The standard InChI is InChI=1S/C23H29FN6O3/c1-13-6-15(30(22(31)32)23(2,3)4)12-29(11-13)20-9-18(27-21(26)28-20)14-7-17(24)16(10-25)19(8-14)33-5/h7-9,13,15H,6,11-12H2,1-5H3,(H,31,32)(H2,26,27,28)/t13-,15-/m1/s1. The van der Waals surface area contributed by atoms with Gasteiger partial charge in [-0.3, -0.25) is 4.90 Å². The second-order valence-corrected chi connectivity index (χ2v) is 9.34. The van der Waals surface area contributed by atoms with Crippen LogP contribution in [0.15, 0.2) is 18.2 Å². The van der Waals surface area contributed by atoms with E-state index in [0.29, 0.717) is 30.2 Å². The summed E-state index contributed by atoms with van der Waals surface area (Å²) in [5, 5.41) is 19.0. The molecule has 2 atom stereocenters. The molecule has 33 heavy (non-hydrogen) atoms. The van der Waals surface area contributed by atoms with Gasteiger partial charge in [0.25, 0.3) is 0 Å². The number of nitrogens with zero attached hydrogens (tertiary/aromatic N) is 5. The lowest BCUT2D eigenvalue weighted by Gasteiger charge is -2.46. The van der Waals surface area contributed by atoms with E-state index in [9.17, 15) is 19.6 Å². The van der Waals surface area contributed by atoms with Crippen LogP contribution in [0.25, 0.3) is 11.3 Å². The highest BCUT2D eigenvalue weighted by Gasteiger charge is 2.38. The summed E-state index contributed by atoms with van der Waals surface area (Å²) in [5.41, 5.74) is 6.00. The van der Waals surface area contributed by atoms with Crippen LogP contribution in [0.5, 0.6) is 5.75 Å². The largest absolute Gasteiger partial charge is 0.495 e. The lowest BCUT2D eigenvalue weighted by atomic mass is 9.92. The smallest absolute Gasteiger partial charge is 0.408 e. The first-order chi connectivity index (χ1) is 15.4. The number of anilines is 2. The summed E-state index contributed by atoms with van der Waals surface area (Å²) in [6.45, 7) is 8.78. The molecule has 0 bridgehead atoms. The fourth-order valence-electron chi connectivity index (χ4n) is 4.44. The molecule has 1 aromatic heterocycles. The van der Waals surface area contributed by atoms with Crippen molar-refractivity contribution in [2.45, 2.75) is 45.7 Å². The summed E-state index contributed by atoms with van der Waals surface area (Å²) < 4.78 is 19.6. The van der Waals surface area contributed by atoms with Gasteiger partial charge in [-0.1, -0.05) is 6.92 Å². The molecular weight excluding hydrogens is 427 g/mol. The van der Waals surface area contributed by atoms with E-state index in [1.807, 2.05) is 25.7 Å². The Balaban J connectivity index is 2.00. The summed E-state index contributed by atoms with van der Waals surface area (Å²) >= 11 is 0. The molecule has 0 radical (unpaired) electrons. The molecule has 0 spiro atoms. The Bertz CT molecular complexity index is 1090. The zero-order chi connectivity index (χ0) is 24.5. The Hall–Kier alpha value is -3.61. The average Bonchev–Trinajstić information content (AvgIpc) is 2.70. The number of amides is 1. The average molecular weight is 457 g/mol. The Morgan fingerprint density at radius 2 is 2.03 bits per heavy atom. The third-order valence-electron chi connectivity index (χ3n) is 5.67. The number of piperidine rings is 1. The molecule has 1 fully saturated rings. The van der Waals surface area contributed by atoms with Crippen LogP contribution in [-0.4, -0.2) is 57.8 Å². The quantitative estimate of drug-likeness (QED) is 0.712. The topological polar surface area (TPSA) is 129 Å². The van der Waals surface area contributed by atoms with E-state index in [-0.39, 0.29) is 29.2 Å². The lowest BCUT2D eigenvalue weighted by molar-refractivity contribution is 0.0587. The van der Waals surface area contributed by atoms with Gasteiger partial charge in [0.05, 0.1) is 18.8 Å². The molecule has 176 valence electrons. The van der Waals surface area contributed by atoms with Gasteiger partial charge < -0.3 is 20.5 Å². The highest BCUT2D eigenvalue weighted by molar-refractivity contribution is 5.69. The number of benzene rings is 1. The fourth-order valence-corrected chi connectivity index (χ4v) is 4.44. The summed E-state index contributed by atoms with van der Waals surface area (Å²) in [6.07, 6.45) is -0.240. The molecule has 0 aliphatic carbocycles. The minimum absolute atomic E-state index is 0.00641. The molecule has 1 amide bonds. The molecule has 1 saturated heterocycles. The first-order valence-corrected chi connectivity index (χ1v) is 10.6. The van der Waals surface area contributed by atoms with E-state index in [2.05, 4.69) is 16.9 Å². The molecule has 3 N–H and O–H groups in total. The van der Waals surface area contributed by atoms with Gasteiger partial charge in [-0.15, -0.1) is 0 Å².